The summed E-state index contributed by atoms with van der Waals surface area (Å²) in [7, 11) is 1.75. The van der Waals surface area contributed by atoms with Crippen molar-refractivity contribution in [1.29, 1.82) is 0 Å². The average Bonchev–Trinajstić information content (AvgIpc) is 2.52. The lowest BCUT2D eigenvalue weighted by molar-refractivity contribution is -0.118. The predicted molar refractivity (Wildman–Crippen MR) is 56.3 cm³/mol. The summed E-state index contributed by atoms with van der Waals surface area (Å²) >= 11 is 0. The Morgan fingerprint density at radius 3 is 2.93 bits per heavy atom. The van der Waals surface area contributed by atoms with Gasteiger partial charge in [-0.3, -0.25) is 9.69 Å². The zero-order chi connectivity index (χ0) is 10.6. The van der Waals surface area contributed by atoms with E-state index in [0.717, 1.165) is 19.7 Å². The van der Waals surface area contributed by atoms with Gasteiger partial charge in [0.25, 0.3) is 0 Å². The lowest BCUT2D eigenvalue weighted by Crippen LogP contribution is -2.32. The van der Waals surface area contributed by atoms with E-state index >= 15 is 0 Å². The zero-order valence-electron chi connectivity index (χ0n) is 9.45. The topological polar surface area (TPSA) is 29.5 Å². The van der Waals surface area contributed by atoms with E-state index in [-0.39, 0.29) is 5.78 Å². The molecule has 0 aromatic carbocycles. The third-order valence-electron chi connectivity index (χ3n) is 2.93. The minimum atomic E-state index is 0.285. The second kappa shape index (κ2) is 5.47. The van der Waals surface area contributed by atoms with E-state index in [2.05, 4.69) is 11.8 Å². The fourth-order valence-electron chi connectivity index (χ4n) is 2.18. The van der Waals surface area contributed by atoms with Crippen LogP contribution in [0.4, 0.5) is 0 Å². The number of hydrogen-bond donors (Lipinski definition) is 0. The number of Topliss-reactive ketones (excluding diaryl/α,β-unsaturated/α-hetero) is 1. The van der Waals surface area contributed by atoms with Crippen molar-refractivity contribution in [2.45, 2.75) is 32.7 Å². The molecule has 1 fully saturated rings. The monoisotopic (exact) mass is 199 g/mol. The molecule has 14 heavy (non-hydrogen) atoms. The van der Waals surface area contributed by atoms with Crippen LogP contribution in [0.25, 0.3) is 0 Å². The van der Waals surface area contributed by atoms with Gasteiger partial charge < -0.3 is 4.74 Å². The van der Waals surface area contributed by atoms with Crippen LogP contribution in [0.15, 0.2) is 0 Å². The van der Waals surface area contributed by atoms with E-state index in [9.17, 15) is 4.79 Å². The van der Waals surface area contributed by atoms with E-state index in [1.54, 1.807) is 14.0 Å². The number of hydrogen-bond acceptors (Lipinski definition) is 3. The zero-order valence-corrected chi connectivity index (χ0v) is 9.45. The Labute approximate surface area is 86.4 Å². The summed E-state index contributed by atoms with van der Waals surface area (Å²) in [5.74, 6) is 0.946. The largest absolute Gasteiger partial charge is 0.384 e. The maximum atomic E-state index is 11.0. The maximum Gasteiger partial charge on any atom is 0.131 e. The van der Waals surface area contributed by atoms with Gasteiger partial charge in [0.2, 0.25) is 0 Å². The molecule has 82 valence electrons. The molecule has 1 saturated heterocycles. The molecule has 2 unspecified atom stereocenters. The van der Waals surface area contributed by atoms with Crippen LogP contribution in [-0.4, -0.2) is 43.5 Å². The SMILES string of the molecule is COCC1CCN(C(C)CC(C)=O)C1. The summed E-state index contributed by atoms with van der Waals surface area (Å²) < 4.78 is 5.14. The van der Waals surface area contributed by atoms with Crippen LogP contribution in [-0.2, 0) is 9.53 Å². The summed E-state index contributed by atoms with van der Waals surface area (Å²) in [6.45, 7) is 6.85. The molecule has 0 aromatic heterocycles. The Kier molecular flexibility index (Phi) is 4.55. The standard InChI is InChI=1S/C11H21NO2/c1-9(6-10(2)13)12-5-4-11(7-12)8-14-3/h9,11H,4-8H2,1-3H3. The summed E-state index contributed by atoms with van der Waals surface area (Å²) in [6.07, 6.45) is 1.88. The second-order valence-corrected chi connectivity index (χ2v) is 4.36. The van der Waals surface area contributed by atoms with Gasteiger partial charge in [-0.1, -0.05) is 0 Å². The fourth-order valence-corrected chi connectivity index (χ4v) is 2.18. The lowest BCUT2D eigenvalue weighted by atomic mass is 10.1. The predicted octanol–water partition coefficient (Wildman–Crippen LogP) is 1.32. The molecule has 3 nitrogen and oxygen atoms in total. The number of nitrogens with zero attached hydrogens (tertiary/aromatic N) is 1. The molecule has 0 radical (unpaired) electrons. The molecule has 0 amide bonds. The van der Waals surface area contributed by atoms with Crippen molar-refractivity contribution in [3.05, 3.63) is 0 Å². The molecule has 0 saturated carbocycles. The highest BCUT2D eigenvalue weighted by Gasteiger charge is 2.26. The number of carbonyl (C=O) groups is 1. The van der Waals surface area contributed by atoms with Crippen LogP contribution in [0.5, 0.6) is 0 Å². The molecule has 0 N–H and O–H groups in total. The van der Waals surface area contributed by atoms with Gasteiger partial charge in [0.05, 0.1) is 6.61 Å². The summed E-state index contributed by atoms with van der Waals surface area (Å²) in [5, 5.41) is 0. The van der Waals surface area contributed by atoms with Crippen LogP contribution in [0.1, 0.15) is 26.7 Å². The summed E-state index contributed by atoms with van der Waals surface area (Å²) in [6, 6.07) is 0.398. The van der Waals surface area contributed by atoms with Crippen LogP contribution in [0, 0.1) is 5.92 Å². The van der Waals surface area contributed by atoms with Gasteiger partial charge in [0.1, 0.15) is 5.78 Å². The van der Waals surface area contributed by atoms with Crippen molar-refractivity contribution in [2.24, 2.45) is 5.92 Å². The highest BCUT2D eigenvalue weighted by Crippen LogP contribution is 2.19. The van der Waals surface area contributed by atoms with Crippen molar-refractivity contribution < 1.29 is 9.53 Å². The van der Waals surface area contributed by atoms with E-state index < -0.39 is 0 Å². The van der Waals surface area contributed by atoms with Gasteiger partial charge in [-0.2, -0.15) is 0 Å². The molecule has 0 aliphatic carbocycles. The number of rotatable bonds is 5. The molecular formula is C11H21NO2. The summed E-state index contributed by atoms with van der Waals surface area (Å²) in [5.41, 5.74) is 0. The van der Waals surface area contributed by atoms with Crippen LogP contribution in [0.3, 0.4) is 0 Å². The second-order valence-electron chi connectivity index (χ2n) is 4.36. The lowest BCUT2D eigenvalue weighted by Gasteiger charge is -2.23. The summed E-state index contributed by atoms with van der Waals surface area (Å²) in [4.78, 5) is 13.4. The third-order valence-corrected chi connectivity index (χ3v) is 2.93. The van der Waals surface area contributed by atoms with Crippen LogP contribution in [0.2, 0.25) is 0 Å². The van der Waals surface area contributed by atoms with Crippen molar-refractivity contribution in [2.75, 3.05) is 26.8 Å². The normalized spacial score (nSPS) is 25.2. The van der Waals surface area contributed by atoms with Gasteiger partial charge in [-0.25, -0.2) is 0 Å². The van der Waals surface area contributed by atoms with Crippen LogP contribution < -0.4 is 0 Å². The van der Waals surface area contributed by atoms with Gasteiger partial charge in [-0.15, -0.1) is 0 Å². The number of likely N-dealkylation sites (tertiary alicyclic amines) is 1. The molecule has 1 aliphatic rings. The minimum Gasteiger partial charge on any atom is -0.384 e. The van der Waals surface area contributed by atoms with E-state index in [0.29, 0.717) is 18.4 Å². The van der Waals surface area contributed by atoms with Gasteiger partial charge in [0.15, 0.2) is 0 Å². The Balaban J connectivity index is 2.30. The molecule has 1 heterocycles. The van der Waals surface area contributed by atoms with E-state index in [4.69, 9.17) is 4.74 Å². The maximum absolute atomic E-state index is 11.0. The van der Waals surface area contributed by atoms with Crippen molar-refractivity contribution in [3.8, 4) is 0 Å². The first-order valence-corrected chi connectivity index (χ1v) is 5.36. The van der Waals surface area contributed by atoms with Gasteiger partial charge in [-0.05, 0) is 32.7 Å². The first-order valence-electron chi connectivity index (χ1n) is 5.36. The Morgan fingerprint density at radius 1 is 1.64 bits per heavy atom. The fraction of sp³-hybridized carbons (Fsp3) is 0.909. The first kappa shape index (κ1) is 11.7. The van der Waals surface area contributed by atoms with E-state index in [1.807, 2.05) is 0 Å². The highest BCUT2D eigenvalue weighted by molar-refractivity contribution is 5.76. The van der Waals surface area contributed by atoms with Crippen LogP contribution >= 0.6 is 0 Å². The molecule has 0 aromatic rings. The number of methoxy groups -OCH3 is 1. The molecule has 1 aliphatic heterocycles. The van der Waals surface area contributed by atoms with Crippen molar-refractivity contribution in [3.63, 3.8) is 0 Å². The van der Waals surface area contributed by atoms with Crippen molar-refractivity contribution >= 4 is 5.78 Å². The minimum absolute atomic E-state index is 0.285. The van der Waals surface area contributed by atoms with Gasteiger partial charge >= 0.3 is 0 Å². The Hall–Kier alpha value is -0.410. The molecule has 0 bridgehead atoms. The number of ketones is 1. The van der Waals surface area contributed by atoms with Gasteiger partial charge in [0, 0.05) is 26.1 Å². The Morgan fingerprint density at radius 2 is 2.36 bits per heavy atom. The molecule has 3 heteroatoms. The molecule has 0 spiro atoms. The number of carbonyl (C=O) groups excluding carboxylic acids is 1. The third kappa shape index (κ3) is 3.39. The quantitative estimate of drug-likeness (QED) is 0.669. The Bertz CT molecular complexity index is 194. The average molecular weight is 199 g/mol. The first-order chi connectivity index (χ1) is 6.63. The smallest absolute Gasteiger partial charge is 0.131 e. The number of ether oxygens (including phenoxy) is 1. The highest BCUT2D eigenvalue weighted by atomic mass is 16.5. The van der Waals surface area contributed by atoms with Crippen molar-refractivity contribution in [1.82, 2.24) is 4.90 Å². The molecule has 2 atom stereocenters. The molecular weight excluding hydrogens is 178 g/mol. The van der Waals surface area contributed by atoms with E-state index in [1.165, 1.54) is 6.42 Å². The molecule has 1 rings (SSSR count).